The van der Waals surface area contributed by atoms with Crippen molar-refractivity contribution in [2.24, 2.45) is 10.1 Å². The average molecular weight is 402 g/mol. The normalized spacial score (nSPS) is 11.9. The largest absolute Gasteiger partial charge is 0.470 e. The maximum atomic E-state index is 12.7. The molecule has 0 saturated heterocycles. The van der Waals surface area contributed by atoms with Gasteiger partial charge in [0.15, 0.2) is 5.82 Å². The molecule has 29 heavy (non-hydrogen) atoms. The molecule has 1 aromatic carbocycles. The van der Waals surface area contributed by atoms with Crippen LogP contribution in [-0.4, -0.2) is 29.0 Å². The zero-order valence-corrected chi connectivity index (χ0v) is 15.8. The van der Waals surface area contributed by atoms with Gasteiger partial charge in [0.1, 0.15) is 12.4 Å². The summed E-state index contributed by atoms with van der Waals surface area (Å²) in [7, 11) is 0. The predicted molar refractivity (Wildman–Crippen MR) is 106 cm³/mol. The van der Waals surface area contributed by atoms with Crippen LogP contribution < -0.4 is 15.4 Å². The third-order valence-electron chi connectivity index (χ3n) is 3.54. The van der Waals surface area contributed by atoms with E-state index in [0.717, 1.165) is 0 Å². The molecule has 0 fully saturated rings. The molecule has 0 atom stereocenters. The first-order chi connectivity index (χ1) is 13.9. The molecule has 1 aromatic heterocycles. The molecule has 0 saturated carbocycles. The smallest absolute Gasteiger partial charge is 0.263 e. The predicted octanol–water partition coefficient (Wildman–Crippen LogP) is 4.60. The summed E-state index contributed by atoms with van der Waals surface area (Å²) in [5, 5.41) is 24.2. The van der Waals surface area contributed by atoms with Gasteiger partial charge >= 0.3 is 0 Å². The Morgan fingerprint density at radius 3 is 2.45 bits per heavy atom. The molecule has 0 bridgehead atoms. The fraction of sp³-hybridized carbons (Fsp3) is 0.222. The molecule has 1 heterocycles. The van der Waals surface area contributed by atoms with Crippen molar-refractivity contribution in [1.82, 2.24) is 10.2 Å². The molecule has 4 N–H and O–H groups in total. The van der Waals surface area contributed by atoms with Crippen molar-refractivity contribution in [2.45, 2.75) is 20.3 Å². The summed E-state index contributed by atoms with van der Waals surface area (Å²) in [6.45, 7) is 3.18. The second-order valence-electron chi connectivity index (χ2n) is 5.76. The van der Waals surface area contributed by atoms with Gasteiger partial charge in [-0.3, -0.25) is 5.41 Å². The van der Waals surface area contributed by atoms with E-state index in [2.05, 4.69) is 30.9 Å². The Kier molecular flexibility index (Phi) is 7.83. The van der Waals surface area contributed by atoms with E-state index in [0.29, 0.717) is 22.9 Å². The Labute approximate surface area is 165 Å². The van der Waals surface area contributed by atoms with E-state index in [4.69, 9.17) is 15.7 Å². The van der Waals surface area contributed by atoms with Gasteiger partial charge in [0.05, 0.1) is 17.7 Å². The minimum Gasteiger partial charge on any atom is -0.470 e. The number of ether oxygens (including phenoxy) is 1. The number of alkyl halides is 2. The van der Waals surface area contributed by atoms with Gasteiger partial charge in [-0.15, -0.1) is 10.2 Å². The van der Waals surface area contributed by atoms with Gasteiger partial charge in [0.2, 0.25) is 5.88 Å². The summed E-state index contributed by atoms with van der Waals surface area (Å²) in [4.78, 5) is 3.75. The number of hydrogen-bond donors (Lipinski definition) is 4. The van der Waals surface area contributed by atoms with E-state index in [1.807, 2.05) is 0 Å². The summed E-state index contributed by atoms with van der Waals surface area (Å²) in [6, 6.07) is 8.86. The van der Waals surface area contributed by atoms with Crippen LogP contribution in [-0.2, 0) is 0 Å². The van der Waals surface area contributed by atoms with Crippen molar-refractivity contribution in [3.63, 3.8) is 0 Å². The molecule has 0 radical (unpaired) electrons. The molecule has 0 aliphatic rings. The van der Waals surface area contributed by atoms with Gasteiger partial charge in [-0.05, 0) is 32.0 Å². The highest BCUT2D eigenvalue weighted by Crippen LogP contribution is 2.22. The van der Waals surface area contributed by atoms with Crippen molar-refractivity contribution in [3.8, 4) is 5.88 Å². The lowest BCUT2D eigenvalue weighted by Gasteiger charge is -2.13. The molecular weight excluding hydrogens is 382 g/mol. The number of rotatable bonds is 9. The number of hydrogen-bond acceptors (Lipinski definition) is 7. The molecule has 0 amide bonds. The minimum atomic E-state index is -2.54. The summed E-state index contributed by atoms with van der Waals surface area (Å²) < 4.78 is 30.9. The van der Waals surface area contributed by atoms with Crippen molar-refractivity contribution in [1.29, 1.82) is 10.9 Å². The zero-order chi connectivity index (χ0) is 21.2. The number of aliphatic imine (C=N–C) groups is 1. The van der Waals surface area contributed by atoms with Crippen LogP contribution in [0.5, 0.6) is 5.88 Å². The lowest BCUT2D eigenvalue weighted by atomic mass is 10.2. The van der Waals surface area contributed by atoms with Crippen LogP contribution in [0.1, 0.15) is 25.8 Å². The quantitative estimate of drug-likeness (QED) is 0.276. The number of halogens is 2. The summed E-state index contributed by atoms with van der Waals surface area (Å²) >= 11 is 0. The van der Waals surface area contributed by atoms with E-state index in [1.54, 1.807) is 19.1 Å². The Bertz CT molecular complexity index is 895. The summed E-state index contributed by atoms with van der Waals surface area (Å²) in [5.74, 6) is 0.810. The van der Waals surface area contributed by atoms with Crippen molar-refractivity contribution in [3.05, 3.63) is 53.4 Å². The van der Waals surface area contributed by atoms with E-state index in [9.17, 15) is 8.78 Å². The molecule has 0 unspecified atom stereocenters. The van der Waals surface area contributed by atoms with Crippen LogP contribution >= 0.6 is 0 Å². The Morgan fingerprint density at radius 2 is 1.90 bits per heavy atom. The van der Waals surface area contributed by atoms with Crippen molar-refractivity contribution < 1.29 is 13.5 Å². The number of amidine groups is 1. The maximum absolute atomic E-state index is 12.7. The van der Waals surface area contributed by atoms with Gasteiger partial charge in [0.25, 0.3) is 6.43 Å². The van der Waals surface area contributed by atoms with Gasteiger partial charge in [-0.25, -0.2) is 19.3 Å². The molecule has 11 heteroatoms. The lowest BCUT2D eigenvalue weighted by molar-refractivity contribution is 0.151. The molecule has 2 rings (SSSR count). The van der Waals surface area contributed by atoms with Gasteiger partial charge < -0.3 is 15.4 Å². The highest BCUT2D eigenvalue weighted by molar-refractivity contribution is 5.88. The second-order valence-corrected chi connectivity index (χ2v) is 5.76. The third kappa shape index (κ3) is 7.05. The highest BCUT2D eigenvalue weighted by atomic mass is 19.3. The number of nitrogens with zero attached hydrogens (tertiary/aromatic N) is 4. The number of aromatic nitrogens is 2. The highest BCUT2D eigenvalue weighted by Gasteiger charge is 2.09. The van der Waals surface area contributed by atoms with Gasteiger partial charge in [-0.2, -0.15) is 5.11 Å². The number of nitrogens with one attached hydrogen (secondary N) is 4. The number of benzene rings is 1. The van der Waals surface area contributed by atoms with Crippen LogP contribution in [0.4, 0.5) is 20.3 Å². The van der Waals surface area contributed by atoms with Crippen LogP contribution in [0, 0.1) is 10.9 Å². The van der Waals surface area contributed by atoms with E-state index >= 15 is 0 Å². The van der Waals surface area contributed by atoms with Gasteiger partial charge in [-0.1, -0.05) is 12.1 Å². The number of anilines is 2. The fourth-order valence-corrected chi connectivity index (χ4v) is 2.00. The molecule has 0 aliphatic carbocycles. The molecule has 2 aromatic rings. The van der Waals surface area contributed by atoms with E-state index in [1.165, 1.54) is 37.5 Å². The van der Waals surface area contributed by atoms with E-state index < -0.39 is 6.43 Å². The molecule has 0 aliphatic heterocycles. The molecule has 9 nitrogen and oxygen atoms in total. The topological polar surface area (TPSA) is 131 Å². The standard InChI is InChI=1S/C18H20F2N8O/c1-11(26-22)15(25-14-5-3-13(4-6-14)18(19)20)9-29-17-8-7-16(27-28-17)24-10-23-12(2)21/h3-8,10,18,22,25H,9H2,1-2H3,(H2,21,23,24,27)/b15-11-,26-22?. The Morgan fingerprint density at radius 1 is 1.17 bits per heavy atom. The molecule has 152 valence electrons. The van der Waals surface area contributed by atoms with Crippen molar-refractivity contribution in [2.75, 3.05) is 17.2 Å². The van der Waals surface area contributed by atoms with Crippen LogP contribution in [0.3, 0.4) is 0 Å². The Balaban J connectivity index is 2.00. The second kappa shape index (κ2) is 10.5. The first-order valence-corrected chi connectivity index (χ1v) is 8.42. The monoisotopic (exact) mass is 402 g/mol. The lowest BCUT2D eigenvalue weighted by Crippen LogP contribution is -2.12. The zero-order valence-electron chi connectivity index (χ0n) is 15.8. The van der Waals surface area contributed by atoms with Crippen LogP contribution in [0.25, 0.3) is 0 Å². The van der Waals surface area contributed by atoms with E-state index in [-0.39, 0.29) is 23.9 Å². The first kappa shape index (κ1) is 21.5. The number of allylic oxidation sites excluding steroid dienone is 1. The third-order valence-corrected chi connectivity index (χ3v) is 3.54. The Hall–Kier alpha value is -3.76. The van der Waals surface area contributed by atoms with Gasteiger partial charge in [0, 0.05) is 17.3 Å². The average Bonchev–Trinajstić information content (AvgIpc) is 2.71. The van der Waals surface area contributed by atoms with Crippen LogP contribution in [0.2, 0.25) is 0 Å². The van der Waals surface area contributed by atoms with Crippen molar-refractivity contribution >= 4 is 23.7 Å². The van der Waals surface area contributed by atoms with Crippen LogP contribution in [0.15, 0.2) is 57.9 Å². The molecular formula is C18H20F2N8O. The first-order valence-electron chi connectivity index (χ1n) is 8.42. The fourth-order valence-electron chi connectivity index (χ4n) is 2.00. The minimum absolute atomic E-state index is 0.0146. The SMILES string of the molecule is CC(=N)/N=C\Nc1ccc(OC/C(Nc2ccc(C(F)F)cc2)=C(\C)N=N)nn1. The maximum Gasteiger partial charge on any atom is 0.263 e. The summed E-state index contributed by atoms with van der Waals surface area (Å²) in [6.07, 6.45) is -1.21. The summed E-state index contributed by atoms with van der Waals surface area (Å²) in [5.41, 5.74) is 8.53. The molecule has 0 spiro atoms.